The summed E-state index contributed by atoms with van der Waals surface area (Å²) in [7, 11) is -6.01. The summed E-state index contributed by atoms with van der Waals surface area (Å²) in [6.45, 7) is 7.98. The lowest BCUT2D eigenvalue weighted by molar-refractivity contribution is 0.241. The van der Waals surface area contributed by atoms with Gasteiger partial charge < -0.3 is 13.9 Å². The van der Waals surface area contributed by atoms with Crippen molar-refractivity contribution in [3.8, 4) is 5.75 Å². The molecule has 0 saturated heterocycles. The van der Waals surface area contributed by atoms with E-state index in [2.05, 4.69) is 4.74 Å². The minimum Gasteiger partial charge on any atom is -0.428 e. The van der Waals surface area contributed by atoms with Crippen molar-refractivity contribution in [3.05, 3.63) is 186 Å². The second-order valence-electron chi connectivity index (χ2n) is 12.0. The molecule has 3 nitrogen and oxygen atoms in total. The fourth-order valence-corrected chi connectivity index (χ4v) is 10.6. The van der Waals surface area contributed by atoms with Gasteiger partial charge in [0.25, 0.3) is 0 Å². The zero-order chi connectivity index (χ0) is 35.9. The molecule has 0 atom stereocenters. The first-order valence-corrected chi connectivity index (χ1v) is 19.4. The molecule has 6 aromatic carbocycles. The Morgan fingerprint density at radius 2 is 0.660 bits per heavy atom. The Hall–Kier alpha value is -4.89. The van der Waals surface area contributed by atoms with Crippen LogP contribution in [0.2, 0.25) is 0 Å². The van der Waals surface area contributed by atoms with Crippen LogP contribution in [0.25, 0.3) is 0 Å². The number of aryl methyl sites for hydroxylation is 4. The Labute approximate surface area is 291 Å². The number of halogens is 3. The molecule has 50 heavy (non-hydrogen) atoms. The lowest BCUT2D eigenvalue weighted by Crippen LogP contribution is -2.25. The number of hydrogen-bond donors (Lipinski definition) is 0. The summed E-state index contributed by atoms with van der Waals surface area (Å²) in [6.07, 6.45) is -2.53. The second kappa shape index (κ2) is 15.8. The van der Waals surface area contributed by atoms with Gasteiger partial charge in [0, 0.05) is 31.8 Å². The van der Waals surface area contributed by atoms with E-state index in [9.17, 15) is 22.3 Å². The molecule has 0 unspecified atom stereocenters. The van der Waals surface area contributed by atoms with Crippen LogP contribution in [0.1, 0.15) is 22.3 Å². The topological polar surface area (TPSA) is 43.4 Å². The van der Waals surface area contributed by atoms with Gasteiger partial charge >= 0.3 is 12.1 Å². The number of benzene rings is 6. The maximum Gasteiger partial charge on any atom is 0.344 e. The molecule has 0 aliphatic rings. The van der Waals surface area contributed by atoms with E-state index in [1.807, 2.05) is 155 Å². The molecular weight excluding hydrogens is 671 g/mol. The molecule has 254 valence electrons. The summed E-state index contributed by atoms with van der Waals surface area (Å²) in [4.78, 5) is 0. The summed E-state index contributed by atoms with van der Waals surface area (Å²) in [5, 5.41) is 4.44. The smallest absolute Gasteiger partial charge is 0.344 e. The van der Waals surface area contributed by atoms with E-state index >= 15 is 0 Å². The van der Waals surface area contributed by atoms with Crippen molar-refractivity contribution in [2.45, 2.75) is 27.7 Å². The van der Waals surface area contributed by atoms with Crippen molar-refractivity contribution < 1.29 is 27.0 Å². The third-order valence-corrected chi connectivity index (χ3v) is 14.4. The van der Waals surface area contributed by atoms with E-state index in [4.69, 9.17) is 0 Å². The van der Waals surface area contributed by atoms with E-state index in [-0.39, 0.29) is 5.75 Å². The highest BCUT2D eigenvalue weighted by Gasteiger charge is 2.30. The first-order chi connectivity index (χ1) is 23.9. The zero-order valence-electron chi connectivity index (χ0n) is 28.2. The highest BCUT2D eigenvalue weighted by molar-refractivity contribution is 7.85. The third kappa shape index (κ3) is 8.11. The van der Waals surface area contributed by atoms with Crippen LogP contribution in [-0.2, 0) is 9.13 Å². The van der Waals surface area contributed by atoms with E-state index in [0.717, 1.165) is 27.0 Å². The molecule has 0 radical (unpaired) electrons. The molecular formula is C42H37F3O3P2. The maximum atomic E-state index is 14.2. The Balaban J connectivity index is 0.000000200. The van der Waals surface area contributed by atoms with Gasteiger partial charge in [-0.05, 0) is 52.0 Å². The van der Waals surface area contributed by atoms with Gasteiger partial charge in [0.15, 0.2) is 14.3 Å². The Bertz CT molecular complexity index is 2060. The van der Waals surface area contributed by atoms with Crippen molar-refractivity contribution in [1.29, 1.82) is 0 Å². The molecule has 8 heteroatoms. The van der Waals surface area contributed by atoms with Crippen LogP contribution in [0, 0.1) is 27.7 Å². The predicted molar refractivity (Wildman–Crippen MR) is 202 cm³/mol. The largest absolute Gasteiger partial charge is 0.428 e. The van der Waals surface area contributed by atoms with Crippen LogP contribution in [0.4, 0.5) is 13.2 Å². The molecule has 0 amide bonds. The summed E-state index contributed by atoms with van der Waals surface area (Å²) < 4.78 is 70.2. The number of rotatable bonds is 8. The Morgan fingerprint density at radius 3 is 0.940 bits per heavy atom. The van der Waals surface area contributed by atoms with Gasteiger partial charge in [-0.1, -0.05) is 150 Å². The van der Waals surface area contributed by atoms with Crippen LogP contribution in [0.3, 0.4) is 0 Å². The van der Waals surface area contributed by atoms with Gasteiger partial charge in [-0.15, -0.1) is 0 Å². The van der Waals surface area contributed by atoms with Crippen molar-refractivity contribution in [3.63, 3.8) is 0 Å². The number of hydrogen-bond acceptors (Lipinski definition) is 3. The summed E-state index contributed by atoms with van der Waals surface area (Å²) in [5.74, 6) is -0.103. The highest BCUT2D eigenvalue weighted by Crippen LogP contribution is 2.43. The molecule has 0 spiro atoms. The van der Waals surface area contributed by atoms with E-state index < -0.39 is 26.4 Å². The molecule has 0 N–H and O–H groups in total. The maximum absolute atomic E-state index is 14.2. The molecule has 0 saturated carbocycles. The SMILES string of the molecule is Cc1ccc(P(=O)(c2ccc(C)cc2)c2ccc(OC(F)=C(F)F)cc2)cc1.Cc1ccc(P(=O)(c2ccccc2)c2ccc(C)cc2)cc1. The average molecular weight is 709 g/mol. The minimum atomic E-state index is -3.20. The van der Waals surface area contributed by atoms with Crippen molar-refractivity contribution >= 4 is 46.1 Å². The fourth-order valence-electron chi connectivity index (χ4n) is 5.42. The first-order valence-electron chi connectivity index (χ1n) is 15.9. The van der Waals surface area contributed by atoms with Crippen LogP contribution >= 0.6 is 14.3 Å². The van der Waals surface area contributed by atoms with Crippen LogP contribution in [-0.4, -0.2) is 0 Å². The Morgan fingerprint density at radius 1 is 0.400 bits per heavy atom. The third-order valence-electron chi connectivity index (χ3n) is 8.27. The predicted octanol–water partition coefficient (Wildman–Crippen LogP) is 9.30. The fraction of sp³-hybridized carbons (Fsp3) is 0.0952. The summed E-state index contributed by atoms with van der Waals surface area (Å²) in [6, 6.07) is 44.4. The summed E-state index contributed by atoms with van der Waals surface area (Å²) in [5.41, 5.74) is 4.43. The molecule has 0 heterocycles. The standard InChI is InChI=1S/C22H18F3O2P.C20H19OP/c1-15-3-9-18(10-4-15)28(26,19-11-5-16(2)6-12-19)20-13-7-17(8-14-20)27-22(25)21(23)24;1-16-8-12-19(13-9-16)22(21,18-6-4-3-5-7-18)20-14-10-17(2)11-15-20/h3-14H,1-2H3;3-15H,1-2H3. The van der Waals surface area contributed by atoms with Crippen LogP contribution in [0.15, 0.2) is 164 Å². The molecule has 0 fully saturated rings. The van der Waals surface area contributed by atoms with E-state index in [0.29, 0.717) is 15.9 Å². The van der Waals surface area contributed by atoms with Crippen molar-refractivity contribution in [1.82, 2.24) is 0 Å². The van der Waals surface area contributed by atoms with Gasteiger partial charge in [0.1, 0.15) is 5.75 Å². The van der Waals surface area contributed by atoms with Crippen LogP contribution < -0.4 is 36.6 Å². The van der Waals surface area contributed by atoms with Crippen LogP contribution in [0.5, 0.6) is 5.75 Å². The Kier molecular flexibility index (Phi) is 11.5. The second-order valence-corrected chi connectivity index (χ2v) is 17.6. The zero-order valence-corrected chi connectivity index (χ0v) is 30.0. The molecule has 0 aliphatic carbocycles. The van der Waals surface area contributed by atoms with Gasteiger partial charge in [-0.3, -0.25) is 0 Å². The normalized spacial score (nSPS) is 11.3. The molecule has 6 aromatic rings. The van der Waals surface area contributed by atoms with Crippen molar-refractivity contribution in [2.75, 3.05) is 0 Å². The lowest BCUT2D eigenvalue weighted by Gasteiger charge is -2.20. The molecule has 0 aliphatic heterocycles. The summed E-state index contributed by atoms with van der Waals surface area (Å²) >= 11 is 0. The highest BCUT2D eigenvalue weighted by atomic mass is 31.2. The van der Waals surface area contributed by atoms with Gasteiger partial charge in [0.05, 0.1) is 0 Å². The molecule has 0 bridgehead atoms. The quantitative estimate of drug-likeness (QED) is 0.117. The number of ether oxygens (including phenoxy) is 1. The van der Waals surface area contributed by atoms with Gasteiger partial charge in [-0.2, -0.15) is 13.2 Å². The average Bonchev–Trinajstić information content (AvgIpc) is 3.13. The molecule has 6 rings (SSSR count). The van der Waals surface area contributed by atoms with E-state index in [1.54, 1.807) is 0 Å². The van der Waals surface area contributed by atoms with Crippen molar-refractivity contribution in [2.24, 2.45) is 0 Å². The lowest BCUT2D eigenvalue weighted by atomic mass is 10.2. The van der Waals surface area contributed by atoms with E-state index in [1.165, 1.54) is 35.4 Å². The van der Waals surface area contributed by atoms with Gasteiger partial charge in [-0.25, -0.2) is 0 Å². The molecule has 0 aromatic heterocycles. The minimum absolute atomic E-state index is 0.103. The first kappa shape index (κ1) is 36.4. The monoisotopic (exact) mass is 708 g/mol. The van der Waals surface area contributed by atoms with Gasteiger partial charge in [0.2, 0.25) is 0 Å².